The van der Waals surface area contributed by atoms with Gasteiger partial charge in [-0.25, -0.2) is 9.18 Å². The van der Waals surface area contributed by atoms with Gasteiger partial charge in [-0.05, 0) is 50.3 Å². The molecule has 3 unspecified atom stereocenters. The molecular weight excluding hydrogens is 297 g/mol. The van der Waals surface area contributed by atoms with Crippen molar-refractivity contribution in [3.63, 3.8) is 0 Å². The number of rotatable bonds is 5. The van der Waals surface area contributed by atoms with Crippen LogP contribution in [0.15, 0.2) is 18.2 Å². The van der Waals surface area contributed by atoms with Gasteiger partial charge in [0.2, 0.25) is 5.91 Å². The molecule has 0 bridgehead atoms. The third-order valence-corrected chi connectivity index (χ3v) is 4.26. The molecule has 0 aliphatic heterocycles. The fourth-order valence-electron chi connectivity index (χ4n) is 2.69. The lowest BCUT2D eigenvalue weighted by Crippen LogP contribution is -2.50. The normalized spacial score (nSPS) is 18.7. The quantitative estimate of drug-likeness (QED) is 0.779. The Morgan fingerprint density at radius 3 is 2.74 bits per heavy atom. The molecule has 0 heterocycles. The monoisotopic (exact) mass is 321 g/mol. The first kappa shape index (κ1) is 17.2. The van der Waals surface area contributed by atoms with Gasteiger partial charge >= 0.3 is 6.03 Å². The van der Waals surface area contributed by atoms with Gasteiger partial charge in [-0.1, -0.05) is 19.1 Å². The number of carbonyl (C=O) groups excluding carboxylic acids is 2. The highest BCUT2D eigenvalue weighted by atomic mass is 19.1. The number of hydrogen-bond donors (Lipinski definition) is 3. The number of nitrogens with one attached hydrogen (secondary N) is 3. The second-order valence-electron chi connectivity index (χ2n) is 6.06. The van der Waals surface area contributed by atoms with Gasteiger partial charge in [-0.3, -0.25) is 4.79 Å². The Hall–Kier alpha value is -2.11. The Bertz CT molecular complexity index is 591. The summed E-state index contributed by atoms with van der Waals surface area (Å²) in [5, 5.41) is 8.26. The first-order valence-electron chi connectivity index (χ1n) is 8.07. The number of halogens is 1. The van der Waals surface area contributed by atoms with Crippen LogP contribution >= 0.6 is 0 Å². The Morgan fingerprint density at radius 2 is 2.04 bits per heavy atom. The van der Waals surface area contributed by atoms with Crippen molar-refractivity contribution in [2.24, 2.45) is 0 Å². The standard InChI is InChI=1S/C17H24FN3O2/c1-4-10(2)19-16(22)11(3)20-17(23)21-15-9-8-12-13(15)6-5-7-14(12)18/h5-7,10-11,15H,4,8-9H2,1-3H3,(H,19,22)(H2,20,21,23). The number of urea groups is 1. The molecule has 23 heavy (non-hydrogen) atoms. The molecular formula is C17H24FN3O2. The van der Waals surface area contributed by atoms with Crippen molar-refractivity contribution in [3.05, 3.63) is 35.1 Å². The molecule has 0 fully saturated rings. The van der Waals surface area contributed by atoms with Gasteiger partial charge in [0.15, 0.2) is 0 Å². The predicted octanol–water partition coefficient (Wildman–Crippen LogP) is 2.42. The molecule has 1 aliphatic rings. The highest BCUT2D eigenvalue weighted by Gasteiger charge is 2.27. The lowest BCUT2D eigenvalue weighted by Gasteiger charge is -2.20. The van der Waals surface area contributed by atoms with Gasteiger partial charge in [-0.15, -0.1) is 0 Å². The van der Waals surface area contributed by atoms with E-state index < -0.39 is 12.1 Å². The summed E-state index contributed by atoms with van der Waals surface area (Å²) < 4.78 is 13.7. The molecule has 0 spiro atoms. The maximum absolute atomic E-state index is 13.7. The third kappa shape index (κ3) is 4.21. The van der Waals surface area contributed by atoms with Crippen LogP contribution in [0.4, 0.5) is 9.18 Å². The molecule has 126 valence electrons. The van der Waals surface area contributed by atoms with Crippen molar-refractivity contribution >= 4 is 11.9 Å². The molecule has 0 aromatic heterocycles. The number of amides is 3. The van der Waals surface area contributed by atoms with E-state index in [4.69, 9.17) is 0 Å². The highest BCUT2D eigenvalue weighted by molar-refractivity contribution is 5.86. The van der Waals surface area contributed by atoms with E-state index in [1.54, 1.807) is 13.0 Å². The molecule has 5 nitrogen and oxygen atoms in total. The van der Waals surface area contributed by atoms with E-state index in [2.05, 4.69) is 16.0 Å². The zero-order valence-electron chi connectivity index (χ0n) is 13.8. The van der Waals surface area contributed by atoms with Gasteiger partial charge < -0.3 is 16.0 Å². The van der Waals surface area contributed by atoms with Crippen LogP contribution in [0, 0.1) is 5.82 Å². The van der Waals surface area contributed by atoms with Gasteiger partial charge in [0.05, 0.1) is 6.04 Å². The molecule has 3 N–H and O–H groups in total. The molecule has 0 saturated heterocycles. The lowest BCUT2D eigenvalue weighted by molar-refractivity contribution is -0.123. The maximum Gasteiger partial charge on any atom is 0.315 e. The minimum atomic E-state index is -0.627. The van der Waals surface area contributed by atoms with Crippen molar-refractivity contribution in [2.75, 3.05) is 0 Å². The van der Waals surface area contributed by atoms with Gasteiger partial charge in [0.25, 0.3) is 0 Å². The Balaban J connectivity index is 1.89. The first-order valence-corrected chi connectivity index (χ1v) is 8.07. The lowest BCUT2D eigenvalue weighted by atomic mass is 10.1. The van der Waals surface area contributed by atoms with E-state index in [1.165, 1.54) is 6.07 Å². The van der Waals surface area contributed by atoms with E-state index >= 15 is 0 Å². The molecule has 2 rings (SSSR count). The van der Waals surface area contributed by atoms with Crippen LogP contribution in [0.1, 0.15) is 50.8 Å². The molecule has 3 amide bonds. The van der Waals surface area contributed by atoms with Crippen LogP contribution in [-0.4, -0.2) is 24.0 Å². The molecule has 1 aromatic rings. The summed E-state index contributed by atoms with van der Waals surface area (Å²) in [7, 11) is 0. The van der Waals surface area contributed by atoms with Crippen LogP contribution < -0.4 is 16.0 Å². The van der Waals surface area contributed by atoms with Crippen LogP contribution in [-0.2, 0) is 11.2 Å². The number of carbonyl (C=O) groups is 2. The molecule has 3 atom stereocenters. The van der Waals surface area contributed by atoms with Crippen molar-refractivity contribution in [2.45, 2.75) is 58.2 Å². The second kappa shape index (κ2) is 7.44. The topological polar surface area (TPSA) is 70.2 Å². The maximum atomic E-state index is 13.7. The van der Waals surface area contributed by atoms with E-state index in [9.17, 15) is 14.0 Å². The second-order valence-corrected chi connectivity index (χ2v) is 6.06. The smallest absolute Gasteiger partial charge is 0.315 e. The fraction of sp³-hybridized carbons (Fsp3) is 0.529. The molecule has 0 radical (unpaired) electrons. The van der Waals surface area contributed by atoms with Crippen molar-refractivity contribution < 1.29 is 14.0 Å². The van der Waals surface area contributed by atoms with Gasteiger partial charge in [0.1, 0.15) is 11.9 Å². The fourth-order valence-corrected chi connectivity index (χ4v) is 2.69. The van der Waals surface area contributed by atoms with Crippen molar-refractivity contribution in [1.82, 2.24) is 16.0 Å². The summed E-state index contributed by atoms with van der Waals surface area (Å²) in [4.78, 5) is 24.0. The van der Waals surface area contributed by atoms with E-state index in [0.717, 1.165) is 12.0 Å². The Morgan fingerprint density at radius 1 is 1.30 bits per heavy atom. The molecule has 0 saturated carbocycles. The number of hydrogen-bond acceptors (Lipinski definition) is 2. The van der Waals surface area contributed by atoms with Crippen LogP contribution in [0.2, 0.25) is 0 Å². The molecule has 6 heteroatoms. The van der Waals surface area contributed by atoms with Gasteiger partial charge in [0, 0.05) is 6.04 Å². The van der Waals surface area contributed by atoms with Crippen LogP contribution in [0.25, 0.3) is 0 Å². The van der Waals surface area contributed by atoms with E-state index in [-0.39, 0.29) is 23.8 Å². The summed E-state index contributed by atoms with van der Waals surface area (Å²) in [6.07, 6.45) is 2.10. The predicted molar refractivity (Wildman–Crippen MR) is 86.5 cm³/mol. The summed E-state index contributed by atoms with van der Waals surface area (Å²) in [5.74, 6) is -0.444. The zero-order chi connectivity index (χ0) is 17.0. The number of fused-ring (bicyclic) bond motifs is 1. The zero-order valence-corrected chi connectivity index (χ0v) is 13.8. The van der Waals surface area contributed by atoms with Crippen LogP contribution in [0.3, 0.4) is 0 Å². The average Bonchev–Trinajstić information content (AvgIpc) is 2.91. The minimum Gasteiger partial charge on any atom is -0.352 e. The van der Waals surface area contributed by atoms with Crippen molar-refractivity contribution in [1.29, 1.82) is 0 Å². The molecule has 1 aliphatic carbocycles. The number of benzene rings is 1. The minimum absolute atomic E-state index is 0.0690. The Kier molecular flexibility index (Phi) is 5.58. The first-order chi connectivity index (χ1) is 10.9. The summed E-state index contributed by atoms with van der Waals surface area (Å²) in [6, 6.07) is 3.72. The summed E-state index contributed by atoms with van der Waals surface area (Å²) in [6.45, 7) is 5.53. The van der Waals surface area contributed by atoms with Gasteiger partial charge in [-0.2, -0.15) is 0 Å². The summed E-state index contributed by atoms with van der Waals surface area (Å²) in [5.41, 5.74) is 1.48. The highest BCUT2D eigenvalue weighted by Crippen LogP contribution is 2.32. The largest absolute Gasteiger partial charge is 0.352 e. The average molecular weight is 321 g/mol. The van der Waals surface area contributed by atoms with Crippen molar-refractivity contribution in [3.8, 4) is 0 Å². The van der Waals surface area contributed by atoms with Crippen LogP contribution in [0.5, 0.6) is 0 Å². The third-order valence-electron chi connectivity index (χ3n) is 4.26. The van der Waals surface area contributed by atoms with E-state index in [0.29, 0.717) is 18.4 Å². The molecule has 1 aromatic carbocycles. The van der Waals surface area contributed by atoms with E-state index in [1.807, 2.05) is 19.9 Å². The summed E-state index contributed by atoms with van der Waals surface area (Å²) >= 11 is 0. The SMILES string of the molecule is CCC(C)NC(=O)C(C)NC(=O)NC1CCc2c(F)cccc21. The Labute approximate surface area is 136 Å².